The van der Waals surface area contributed by atoms with Crippen molar-refractivity contribution < 1.29 is 4.74 Å². The molecular weight excluding hydrogens is 425 g/mol. The number of aromatic nitrogens is 1. The summed E-state index contributed by atoms with van der Waals surface area (Å²) in [6, 6.07) is 0.470. The summed E-state index contributed by atoms with van der Waals surface area (Å²) in [6.45, 7) is 12.5. The minimum Gasteiger partial charge on any atom is -0.379 e. The molecule has 2 rings (SSSR count). The first kappa shape index (κ1) is 20.6. The molecule has 0 bridgehead atoms. The molecule has 1 aliphatic heterocycles. The molecule has 0 amide bonds. The Hall–Kier alpha value is -0.450. The number of hydrogen-bond acceptors (Lipinski definition) is 5. The van der Waals surface area contributed by atoms with E-state index >= 15 is 0 Å². The van der Waals surface area contributed by atoms with E-state index in [0.29, 0.717) is 12.6 Å². The number of halogens is 1. The summed E-state index contributed by atoms with van der Waals surface area (Å²) in [6.07, 6.45) is 0. The highest BCUT2D eigenvalue weighted by molar-refractivity contribution is 14.0. The minimum absolute atomic E-state index is 0. The Labute approximate surface area is 160 Å². The van der Waals surface area contributed by atoms with Gasteiger partial charge in [0.1, 0.15) is 0 Å². The molecule has 1 saturated heterocycles. The van der Waals surface area contributed by atoms with Crippen molar-refractivity contribution in [2.75, 3.05) is 39.4 Å². The number of morpholine rings is 1. The van der Waals surface area contributed by atoms with Crippen LogP contribution in [0.25, 0.3) is 0 Å². The predicted octanol–water partition coefficient (Wildman–Crippen LogP) is 1.85. The first-order valence-corrected chi connectivity index (χ1v) is 8.81. The summed E-state index contributed by atoms with van der Waals surface area (Å²) in [7, 11) is 0. The van der Waals surface area contributed by atoms with E-state index in [0.717, 1.165) is 51.0 Å². The van der Waals surface area contributed by atoms with E-state index in [1.165, 1.54) is 4.88 Å². The fourth-order valence-corrected chi connectivity index (χ4v) is 3.06. The van der Waals surface area contributed by atoms with Crippen molar-refractivity contribution in [1.82, 2.24) is 20.5 Å². The van der Waals surface area contributed by atoms with Gasteiger partial charge in [-0.3, -0.25) is 4.90 Å². The predicted molar refractivity (Wildman–Crippen MR) is 107 cm³/mol. The van der Waals surface area contributed by atoms with E-state index in [-0.39, 0.29) is 24.0 Å². The molecule has 0 spiro atoms. The van der Waals surface area contributed by atoms with Crippen LogP contribution in [0.5, 0.6) is 0 Å². The van der Waals surface area contributed by atoms with Gasteiger partial charge in [0.25, 0.3) is 0 Å². The summed E-state index contributed by atoms with van der Waals surface area (Å²) in [5.41, 5.74) is 2.95. The third-order valence-electron chi connectivity index (χ3n) is 3.80. The van der Waals surface area contributed by atoms with Crippen molar-refractivity contribution in [1.29, 1.82) is 0 Å². The molecule has 2 N–H and O–H groups in total. The van der Waals surface area contributed by atoms with Crippen molar-refractivity contribution in [3.8, 4) is 0 Å². The molecule has 0 aromatic carbocycles. The lowest BCUT2D eigenvalue weighted by atomic mass is 10.2. The van der Waals surface area contributed by atoms with Crippen LogP contribution in [0.4, 0.5) is 0 Å². The van der Waals surface area contributed by atoms with Crippen LogP contribution in [0, 0.1) is 6.92 Å². The Balaban J connectivity index is 0.00000264. The SMILES string of the molecule is CCNC(=NCc1scnc1C)NCC(C)N1CCOCC1.I. The highest BCUT2D eigenvalue weighted by Crippen LogP contribution is 2.12. The summed E-state index contributed by atoms with van der Waals surface area (Å²) >= 11 is 1.66. The van der Waals surface area contributed by atoms with Crippen LogP contribution in [0.1, 0.15) is 24.4 Å². The first-order chi connectivity index (χ1) is 10.7. The zero-order valence-electron chi connectivity index (χ0n) is 14.2. The Kier molecular flexibility index (Phi) is 10.00. The standard InChI is InChI=1S/C15H27N5OS.HI/c1-4-16-15(18-10-14-13(3)19-11-22-14)17-9-12(2)20-5-7-21-8-6-20;/h11-12H,4-10H2,1-3H3,(H2,16,17,18);1H. The smallest absolute Gasteiger partial charge is 0.191 e. The largest absolute Gasteiger partial charge is 0.379 e. The number of guanidine groups is 1. The van der Waals surface area contributed by atoms with E-state index in [2.05, 4.69) is 39.4 Å². The zero-order valence-corrected chi connectivity index (χ0v) is 17.3. The fraction of sp³-hybridized carbons (Fsp3) is 0.733. The minimum atomic E-state index is 0. The van der Waals surface area contributed by atoms with Crippen LogP contribution in [-0.2, 0) is 11.3 Å². The van der Waals surface area contributed by atoms with Gasteiger partial charge in [-0.2, -0.15) is 0 Å². The number of ether oxygens (including phenoxy) is 1. The number of nitrogens with one attached hydrogen (secondary N) is 2. The molecule has 2 heterocycles. The molecule has 132 valence electrons. The zero-order chi connectivity index (χ0) is 15.8. The maximum absolute atomic E-state index is 5.40. The number of rotatable bonds is 6. The Morgan fingerprint density at radius 1 is 1.43 bits per heavy atom. The number of thiazole rings is 1. The molecule has 1 aliphatic rings. The Morgan fingerprint density at radius 3 is 2.78 bits per heavy atom. The van der Waals surface area contributed by atoms with E-state index in [4.69, 9.17) is 4.74 Å². The van der Waals surface area contributed by atoms with Gasteiger partial charge < -0.3 is 15.4 Å². The van der Waals surface area contributed by atoms with Crippen LogP contribution >= 0.6 is 35.3 Å². The lowest BCUT2D eigenvalue weighted by Crippen LogP contribution is -2.49. The van der Waals surface area contributed by atoms with E-state index in [1.807, 2.05) is 12.4 Å². The second kappa shape index (κ2) is 11.2. The van der Waals surface area contributed by atoms with Gasteiger partial charge in [0.2, 0.25) is 0 Å². The molecule has 1 aromatic rings. The first-order valence-electron chi connectivity index (χ1n) is 7.93. The van der Waals surface area contributed by atoms with E-state index < -0.39 is 0 Å². The van der Waals surface area contributed by atoms with Crippen LogP contribution in [0.3, 0.4) is 0 Å². The van der Waals surface area contributed by atoms with Crippen molar-refractivity contribution in [3.05, 3.63) is 16.1 Å². The molecule has 1 aromatic heterocycles. The molecule has 0 saturated carbocycles. The topological polar surface area (TPSA) is 61.8 Å². The van der Waals surface area contributed by atoms with Gasteiger partial charge >= 0.3 is 0 Å². The Morgan fingerprint density at radius 2 is 2.17 bits per heavy atom. The van der Waals surface area contributed by atoms with Crippen molar-refractivity contribution >= 4 is 41.3 Å². The average molecular weight is 453 g/mol. The van der Waals surface area contributed by atoms with Gasteiger partial charge in [-0.1, -0.05) is 0 Å². The summed E-state index contributed by atoms with van der Waals surface area (Å²) in [5.74, 6) is 0.871. The van der Waals surface area contributed by atoms with Gasteiger partial charge in [-0.15, -0.1) is 35.3 Å². The Bertz CT molecular complexity index is 476. The molecule has 0 aliphatic carbocycles. The third-order valence-corrected chi connectivity index (χ3v) is 4.72. The van der Waals surface area contributed by atoms with Gasteiger partial charge in [0.15, 0.2) is 5.96 Å². The maximum Gasteiger partial charge on any atom is 0.191 e. The van der Waals surface area contributed by atoms with Crippen LogP contribution in [0.15, 0.2) is 10.5 Å². The summed E-state index contributed by atoms with van der Waals surface area (Å²) in [5, 5.41) is 6.74. The molecule has 23 heavy (non-hydrogen) atoms. The normalized spacial score (nSPS) is 17.4. The second-order valence-corrected chi connectivity index (χ2v) is 6.37. The summed E-state index contributed by atoms with van der Waals surface area (Å²) < 4.78 is 5.40. The van der Waals surface area contributed by atoms with Gasteiger partial charge in [0.05, 0.1) is 31.0 Å². The van der Waals surface area contributed by atoms with Crippen molar-refractivity contribution in [3.63, 3.8) is 0 Å². The highest BCUT2D eigenvalue weighted by Gasteiger charge is 2.17. The van der Waals surface area contributed by atoms with Crippen molar-refractivity contribution in [2.45, 2.75) is 33.4 Å². The molecule has 6 nitrogen and oxygen atoms in total. The summed E-state index contributed by atoms with van der Waals surface area (Å²) in [4.78, 5) is 12.6. The molecule has 8 heteroatoms. The number of nitrogens with zero attached hydrogens (tertiary/aromatic N) is 3. The monoisotopic (exact) mass is 453 g/mol. The molecule has 0 radical (unpaired) electrons. The highest BCUT2D eigenvalue weighted by atomic mass is 127. The molecule has 1 fully saturated rings. The molecule has 1 unspecified atom stereocenters. The fourth-order valence-electron chi connectivity index (χ4n) is 2.36. The number of aryl methyl sites for hydroxylation is 1. The lowest BCUT2D eigenvalue weighted by Gasteiger charge is -2.32. The lowest BCUT2D eigenvalue weighted by molar-refractivity contribution is 0.0211. The van der Waals surface area contributed by atoms with Gasteiger partial charge in [0, 0.05) is 37.1 Å². The second-order valence-electron chi connectivity index (χ2n) is 5.43. The van der Waals surface area contributed by atoms with Crippen LogP contribution in [-0.4, -0.2) is 61.3 Å². The molecular formula is C15H28IN5OS. The van der Waals surface area contributed by atoms with Crippen molar-refractivity contribution in [2.24, 2.45) is 4.99 Å². The number of hydrogen-bond donors (Lipinski definition) is 2. The maximum atomic E-state index is 5.40. The van der Waals surface area contributed by atoms with Gasteiger partial charge in [-0.25, -0.2) is 9.98 Å². The van der Waals surface area contributed by atoms with Crippen LogP contribution < -0.4 is 10.6 Å². The van der Waals surface area contributed by atoms with E-state index in [1.54, 1.807) is 11.3 Å². The molecule has 1 atom stereocenters. The average Bonchev–Trinajstić information content (AvgIpc) is 2.96. The number of aliphatic imine (C=N–C) groups is 1. The van der Waals surface area contributed by atoms with Crippen LogP contribution in [0.2, 0.25) is 0 Å². The van der Waals surface area contributed by atoms with E-state index in [9.17, 15) is 0 Å². The third kappa shape index (κ3) is 6.90. The van der Waals surface area contributed by atoms with Gasteiger partial charge in [-0.05, 0) is 20.8 Å². The quantitative estimate of drug-likeness (QED) is 0.391.